The Kier molecular flexibility index (Phi) is 51.9. The summed E-state index contributed by atoms with van der Waals surface area (Å²) in [6.07, 6.45) is 19.1. The molecular weight excluding hydrogens is 1690 g/mol. The third kappa shape index (κ3) is 36.0. The lowest BCUT2D eigenvalue weighted by molar-refractivity contribution is 0.356. The van der Waals surface area contributed by atoms with Crippen LogP contribution in [0.2, 0.25) is 0 Å². The number of rotatable bonds is 18. The number of terminal acetylenes is 2. The third-order valence-electron chi connectivity index (χ3n) is 16.7. The number of halogens is 18. The number of hydrogen-bond acceptors (Lipinski definition) is 1. The first kappa shape index (κ1) is 100. The monoisotopic (exact) mass is 1760 g/mol. The van der Waals surface area contributed by atoms with Crippen LogP contribution in [0.1, 0.15) is 181 Å². The van der Waals surface area contributed by atoms with Crippen molar-refractivity contribution in [3.05, 3.63) is 236 Å². The first-order chi connectivity index (χ1) is 52.1. The van der Waals surface area contributed by atoms with Gasteiger partial charge in [0.05, 0.1) is 11.8 Å². The lowest BCUT2D eigenvalue weighted by Gasteiger charge is -2.23. The van der Waals surface area contributed by atoms with Crippen LogP contribution in [0.5, 0.6) is 0 Å². The van der Waals surface area contributed by atoms with E-state index in [0.717, 1.165) is 56.2 Å². The zero-order valence-corrected chi connectivity index (χ0v) is 73.8. The molecule has 0 amide bonds. The summed E-state index contributed by atoms with van der Waals surface area (Å²) < 4.78 is 51.9. The Hall–Kier alpha value is -4.85. The Labute approximate surface area is 721 Å². The molecule has 0 aliphatic heterocycles. The van der Waals surface area contributed by atoms with Crippen molar-refractivity contribution in [1.29, 1.82) is 0 Å². The fourth-order valence-corrected chi connectivity index (χ4v) is 14.9. The van der Waals surface area contributed by atoms with Gasteiger partial charge in [-0.1, -0.05) is 132 Å². The van der Waals surface area contributed by atoms with Gasteiger partial charge in [-0.25, -0.2) is 17.6 Å². The summed E-state index contributed by atoms with van der Waals surface area (Å²) in [6, 6.07) is 29.1. The molecule has 0 bridgehead atoms. The number of alkyl halides is 14. The maximum absolute atomic E-state index is 13.0. The molecule has 1 saturated carbocycles. The molecule has 0 nitrogen and oxygen atoms in total. The van der Waals surface area contributed by atoms with Gasteiger partial charge in [-0.15, -0.1) is 175 Å². The topological polar surface area (TPSA) is 0 Å². The summed E-state index contributed by atoms with van der Waals surface area (Å²) >= 11 is 82.0. The Balaban J connectivity index is 0.000000435. The van der Waals surface area contributed by atoms with Crippen LogP contribution in [0.3, 0.4) is 0 Å². The Morgan fingerprint density at radius 3 is 1.10 bits per heavy atom. The summed E-state index contributed by atoms with van der Waals surface area (Å²) in [4.78, 5) is 0.997. The maximum Gasteiger partial charge on any atom is 0.166 e. The molecule has 8 rings (SSSR count). The van der Waals surface area contributed by atoms with Crippen LogP contribution in [-0.4, -0.2) is 0 Å². The summed E-state index contributed by atoms with van der Waals surface area (Å²) in [5, 5.41) is 2.88. The fraction of sp³-hybridized carbons (Fsp3) is 0.356. The van der Waals surface area contributed by atoms with Gasteiger partial charge in [-0.05, 0) is 277 Å². The molecule has 0 radical (unpaired) electrons. The van der Waals surface area contributed by atoms with E-state index in [-0.39, 0.29) is 5.41 Å². The van der Waals surface area contributed by atoms with E-state index in [0.29, 0.717) is 70.6 Å². The van der Waals surface area contributed by atoms with E-state index < -0.39 is 46.2 Å². The molecule has 0 atom stereocenters. The average Bonchev–Trinajstić information content (AvgIpc) is 0.798. The minimum absolute atomic E-state index is 0.277. The first-order valence-electron chi connectivity index (χ1n) is 34.1. The van der Waals surface area contributed by atoms with Crippen molar-refractivity contribution >= 4 is 174 Å². The molecule has 19 heteroatoms. The lowest BCUT2D eigenvalue weighted by Crippen LogP contribution is -2.11. The second-order valence-corrected chi connectivity index (χ2v) is 30.4. The van der Waals surface area contributed by atoms with Crippen LogP contribution in [0.25, 0.3) is 0 Å². The molecule has 1 aliphatic carbocycles. The zero-order chi connectivity index (χ0) is 81.6. The molecule has 578 valence electrons. The number of hydrogen-bond donors (Lipinski definition) is 0. The number of aryl methyl sites for hydroxylation is 6. The molecular formula is C90H86Cl14F4S. The SMILES string of the molecule is C#CC#CC#CC#CSc1cc(CCl)ccc1CCl.C#CC#CC#CC#Cc1cc(CCl)c(C)cc1CCl.Cc1cc(CCl)c(C)cc1CCl.Cc1cc(CCl)c(CC(C)(C)C)cc1CCl.Cc1cc(CCl)c(CC2CCCCC2)cc1CCl.Cc1cc(CCl)ccc1CCl.Fc1c(F)c(CCl)c(F)c(F)c1CCl. The normalized spacial score (nSPS) is 10.8. The highest BCUT2D eigenvalue weighted by molar-refractivity contribution is 8.04. The third-order valence-corrected chi connectivity index (χ3v) is 21.5. The molecule has 0 N–H and O–H groups in total. The minimum Gasteiger partial charge on any atom is -0.203 e. The molecule has 0 unspecified atom stereocenters. The molecule has 0 spiro atoms. The first-order valence-corrected chi connectivity index (χ1v) is 42.4. The van der Waals surface area contributed by atoms with Gasteiger partial charge in [-0.3, -0.25) is 0 Å². The van der Waals surface area contributed by atoms with Crippen LogP contribution in [0, 0.1) is 171 Å². The standard InChI is InChI=1S/C17H10Cl2.C16H8Cl2S.C16H22Cl2.C14H20Cl2.C10H12Cl2.C9H10Cl2.C8H4Cl2F4/c1-3-4-5-6-7-8-9-15-11-16(12-18)14(2)10-17(15)13-19;1-2-3-4-5-6-7-10-19-16-11-14(12-17)8-9-15(16)13-18;1-12-7-16(11-18)14(9-15(12)10-17)8-13-5-3-2-4-6-13;1-10-5-13(9-16)11(6-12(10)8-15)7-14(2,3)4;1-7-3-10(6-12)8(2)4-9(7)5-11;1-7-4-8(5-10)2-3-9(7)6-11;9-1-3-5(11)7(13)4(2-10)8(14)6(3)12/h1,10-11H,12-13H2,2H3;1,8-9,11H,12-13H2;7,9,13H,2-6,8,10-11H2,1H3;5-6H,7-9H2,1-4H3;3-4H,5-6H2,1-2H3;2-4H,5-6H2,1H3;1-2H2. The largest absolute Gasteiger partial charge is 0.203 e. The van der Waals surface area contributed by atoms with Gasteiger partial charge in [0.15, 0.2) is 23.3 Å². The van der Waals surface area contributed by atoms with Crippen molar-refractivity contribution in [1.82, 2.24) is 0 Å². The molecule has 7 aromatic rings. The van der Waals surface area contributed by atoms with Crippen molar-refractivity contribution in [3.63, 3.8) is 0 Å². The second kappa shape index (κ2) is 56.4. The van der Waals surface area contributed by atoms with Crippen molar-refractivity contribution < 1.29 is 17.6 Å². The summed E-state index contributed by atoms with van der Waals surface area (Å²) in [6.45, 7) is 19.1. The quantitative estimate of drug-likeness (QED) is 0.0271. The van der Waals surface area contributed by atoms with Gasteiger partial charge in [-0.2, -0.15) is 0 Å². The van der Waals surface area contributed by atoms with Gasteiger partial charge in [0.2, 0.25) is 0 Å². The van der Waals surface area contributed by atoms with E-state index in [1.807, 2.05) is 56.3 Å². The molecule has 109 heavy (non-hydrogen) atoms. The molecule has 0 heterocycles. The molecule has 1 aliphatic rings. The molecule has 1 fully saturated rings. The van der Waals surface area contributed by atoms with Gasteiger partial charge < -0.3 is 0 Å². The highest BCUT2D eigenvalue weighted by Gasteiger charge is 2.24. The lowest BCUT2D eigenvalue weighted by atomic mass is 9.83. The van der Waals surface area contributed by atoms with E-state index in [1.165, 1.54) is 128 Å². The van der Waals surface area contributed by atoms with Crippen molar-refractivity contribution in [2.24, 2.45) is 11.3 Å². The summed E-state index contributed by atoms with van der Waals surface area (Å²) in [7, 11) is 0. The van der Waals surface area contributed by atoms with Crippen molar-refractivity contribution in [3.8, 4) is 95.1 Å². The van der Waals surface area contributed by atoms with Crippen molar-refractivity contribution in [2.45, 2.75) is 194 Å². The highest BCUT2D eigenvalue weighted by atomic mass is 35.5. The van der Waals surface area contributed by atoms with E-state index >= 15 is 0 Å². The summed E-state index contributed by atoms with van der Waals surface area (Å²) in [5.74, 6) is 32.8. The van der Waals surface area contributed by atoms with E-state index in [2.05, 4.69) is 173 Å². The second-order valence-electron chi connectivity index (χ2n) is 25.8. The fourth-order valence-electron chi connectivity index (χ4n) is 10.6. The van der Waals surface area contributed by atoms with E-state index in [1.54, 1.807) is 0 Å². The predicted octanol–water partition coefficient (Wildman–Crippen LogP) is 29.0. The van der Waals surface area contributed by atoms with Gasteiger partial charge in [0, 0.05) is 92.1 Å². The van der Waals surface area contributed by atoms with E-state index in [9.17, 15) is 17.6 Å². The van der Waals surface area contributed by atoms with Gasteiger partial charge in [0.25, 0.3) is 0 Å². The van der Waals surface area contributed by atoms with Crippen LogP contribution < -0.4 is 0 Å². The molecule has 0 saturated heterocycles. The smallest absolute Gasteiger partial charge is 0.166 e. The van der Waals surface area contributed by atoms with E-state index in [4.69, 9.17) is 175 Å². The van der Waals surface area contributed by atoms with Crippen molar-refractivity contribution in [2.75, 3.05) is 0 Å². The van der Waals surface area contributed by atoms with Gasteiger partial charge >= 0.3 is 0 Å². The highest BCUT2D eigenvalue weighted by Crippen LogP contribution is 2.33. The average molecular weight is 1770 g/mol. The predicted molar refractivity (Wildman–Crippen MR) is 470 cm³/mol. The minimum atomic E-state index is -1.49. The van der Waals surface area contributed by atoms with Crippen LogP contribution in [0.4, 0.5) is 17.6 Å². The van der Waals surface area contributed by atoms with Crippen LogP contribution in [-0.2, 0) is 95.2 Å². The zero-order valence-electron chi connectivity index (χ0n) is 62.4. The van der Waals surface area contributed by atoms with Gasteiger partial charge in [0.1, 0.15) is 0 Å². The molecule has 0 aromatic heterocycles. The maximum atomic E-state index is 13.0. The van der Waals surface area contributed by atoms with Crippen LogP contribution in [0.15, 0.2) is 89.8 Å². The van der Waals surface area contributed by atoms with Crippen LogP contribution >= 0.6 is 174 Å². The number of thioether (sulfide) groups is 1. The Morgan fingerprint density at radius 1 is 0.349 bits per heavy atom. The Morgan fingerprint density at radius 2 is 0.697 bits per heavy atom. The summed E-state index contributed by atoms with van der Waals surface area (Å²) in [5.41, 5.74) is 23.3. The Bertz CT molecular complexity index is 4510. The molecule has 7 aromatic carbocycles. The number of benzene rings is 7.